The molecule has 2 bridgehead atoms. The summed E-state index contributed by atoms with van der Waals surface area (Å²) in [5.41, 5.74) is 2.54. The van der Waals surface area contributed by atoms with Gasteiger partial charge in [0.1, 0.15) is 40.0 Å². The molecule has 210 valence electrons. The zero-order valence-corrected chi connectivity index (χ0v) is 24.5. The molecule has 2 aromatic heterocycles. The molecule has 2 amide bonds. The number of benzene rings is 1. The van der Waals surface area contributed by atoms with Crippen LogP contribution in [0.1, 0.15) is 62.0 Å². The van der Waals surface area contributed by atoms with E-state index in [0.29, 0.717) is 45.8 Å². The summed E-state index contributed by atoms with van der Waals surface area (Å²) in [5.74, 6) is 0.425. The van der Waals surface area contributed by atoms with Crippen LogP contribution >= 0.6 is 15.9 Å². The van der Waals surface area contributed by atoms with Crippen molar-refractivity contribution in [2.24, 2.45) is 5.41 Å². The minimum atomic E-state index is -0.616. The summed E-state index contributed by atoms with van der Waals surface area (Å²) in [5, 5.41) is 11.6. The summed E-state index contributed by atoms with van der Waals surface area (Å²) >= 11 is 3.36. The topological polar surface area (TPSA) is 118 Å². The monoisotopic (exact) mass is 608 g/mol. The van der Waals surface area contributed by atoms with Crippen molar-refractivity contribution >= 4 is 55.9 Å². The third kappa shape index (κ3) is 4.84. The maximum absolute atomic E-state index is 13.9. The fourth-order valence-corrected chi connectivity index (χ4v) is 6.40. The number of nitrogens with one attached hydrogen (secondary N) is 2. The number of aromatic nitrogens is 3. The molecule has 4 heterocycles. The van der Waals surface area contributed by atoms with E-state index < -0.39 is 6.04 Å². The molecule has 2 aliphatic heterocycles. The van der Waals surface area contributed by atoms with Crippen LogP contribution in [0, 0.1) is 12.3 Å². The number of Topliss-reactive ketones (excluding diaryl/α,β-unsaturated/α-hetero) is 1. The van der Waals surface area contributed by atoms with Gasteiger partial charge in [-0.1, -0.05) is 13.0 Å². The van der Waals surface area contributed by atoms with E-state index in [-0.39, 0.29) is 35.6 Å². The number of hydrogen-bond donors (Lipinski definition) is 2. The zero-order valence-electron chi connectivity index (χ0n) is 22.9. The maximum Gasteiger partial charge on any atom is 0.248 e. The van der Waals surface area contributed by atoms with Crippen LogP contribution in [0.15, 0.2) is 28.9 Å². The zero-order chi connectivity index (χ0) is 28.2. The van der Waals surface area contributed by atoms with Crippen molar-refractivity contribution in [2.75, 3.05) is 23.8 Å². The van der Waals surface area contributed by atoms with Crippen LogP contribution in [0.4, 0.5) is 11.5 Å². The first-order valence-corrected chi connectivity index (χ1v) is 14.6. The van der Waals surface area contributed by atoms with Crippen LogP contribution in [0.25, 0.3) is 10.9 Å². The van der Waals surface area contributed by atoms with Crippen molar-refractivity contribution < 1.29 is 19.1 Å². The Hall–Kier alpha value is -3.47. The first-order chi connectivity index (χ1) is 19.1. The molecular formula is C29H33BrN6O4. The van der Waals surface area contributed by atoms with Crippen LogP contribution in [0.3, 0.4) is 0 Å². The number of likely N-dealkylation sites (tertiary alicyclic amines) is 1. The first kappa shape index (κ1) is 26.7. The van der Waals surface area contributed by atoms with E-state index in [1.54, 1.807) is 9.58 Å². The number of halogens is 1. The van der Waals surface area contributed by atoms with Crippen LogP contribution in [0.5, 0.6) is 5.75 Å². The molecule has 1 aromatic carbocycles. The lowest BCUT2D eigenvalue weighted by Crippen LogP contribution is -2.47. The molecule has 1 saturated heterocycles. The fraction of sp³-hybridized carbons (Fsp3) is 0.483. The number of nitrogens with zero attached hydrogens (tertiary/aromatic N) is 4. The van der Waals surface area contributed by atoms with E-state index in [9.17, 15) is 14.4 Å². The van der Waals surface area contributed by atoms with E-state index >= 15 is 0 Å². The number of aryl methyl sites for hydroxylation is 1. The summed E-state index contributed by atoms with van der Waals surface area (Å²) < 4.78 is 8.35. The smallest absolute Gasteiger partial charge is 0.248 e. The highest BCUT2D eigenvalue weighted by Crippen LogP contribution is 2.59. The number of carbonyl (C=O) groups excluding carboxylic acids is 3. The number of pyridine rings is 1. The maximum atomic E-state index is 13.9. The predicted molar refractivity (Wildman–Crippen MR) is 155 cm³/mol. The Bertz CT molecular complexity index is 1540. The van der Waals surface area contributed by atoms with Gasteiger partial charge in [-0.05, 0) is 78.1 Å². The Morgan fingerprint density at radius 2 is 2.02 bits per heavy atom. The number of fused-ring (bicyclic) bond motifs is 5. The molecular weight excluding hydrogens is 576 g/mol. The number of ether oxygens (including phenoxy) is 1. The summed E-state index contributed by atoms with van der Waals surface area (Å²) in [6.07, 6.45) is 4.44. The van der Waals surface area contributed by atoms with Crippen LogP contribution in [-0.2, 0) is 16.1 Å². The van der Waals surface area contributed by atoms with Gasteiger partial charge >= 0.3 is 0 Å². The lowest BCUT2D eigenvalue weighted by atomic mass is 10.0. The Morgan fingerprint density at radius 1 is 1.20 bits per heavy atom. The summed E-state index contributed by atoms with van der Waals surface area (Å²) in [4.78, 5) is 46.1. The van der Waals surface area contributed by atoms with Gasteiger partial charge in [-0.15, -0.1) is 0 Å². The van der Waals surface area contributed by atoms with Crippen molar-refractivity contribution in [1.82, 2.24) is 19.7 Å². The van der Waals surface area contributed by atoms with Crippen LogP contribution in [0.2, 0.25) is 0 Å². The van der Waals surface area contributed by atoms with E-state index in [1.807, 2.05) is 31.2 Å². The number of hydrogen-bond acceptors (Lipinski definition) is 7. The Balaban J connectivity index is 1.32. The lowest BCUT2D eigenvalue weighted by molar-refractivity contribution is -0.138. The number of carbonyl (C=O) groups is 3. The van der Waals surface area contributed by atoms with Crippen LogP contribution < -0.4 is 15.4 Å². The molecule has 3 aliphatic rings. The second-order valence-corrected chi connectivity index (χ2v) is 12.3. The number of piperidine rings is 1. The van der Waals surface area contributed by atoms with Gasteiger partial charge < -0.3 is 20.3 Å². The number of ketones is 1. The highest BCUT2D eigenvalue weighted by Gasteiger charge is 2.64. The van der Waals surface area contributed by atoms with Gasteiger partial charge in [-0.3, -0.25) is 19.1 Å². The Kier molecular flexibility index (Phi) is 6.80. The molecule has 11 heteroatoms. The van der Waals surface area contributed by atoms with Crippen LogP contribution in [-0.4, -0.2) is 62.5 Å². The van der Waals surface area contributed by atoms with Crippen molar-refractivity contribution in [3.8, 4) is 5.75 Å². The molecule has 2 N–H and O–H groups in total. The number of amides is 2. The number of anilines is 2. The highest BCUT2D eigenvalue weighted by atomic mass is 79.9. The molecule has 0 unspecified atom stereocenters. The van der Waals surface area contributed by atoms with Gasteiger partial charge in [-0.2, -0.15) is 5.10 Å². The fourth-order valence-electron chi connectivity index (χ4n) is 6.09. The normalized spacial score (nSPS) is 23.6. The molecule has 2 fully saturated rings. The molecule has 10 nitrogen and oxygen atoms in total. The molecule has 6 rings (SSSR count). The van der Waals surface area contributed by atoms with Crippen molar-refractivity contribution in [3.05, 3.63) is 40.1 Å². The summed E-state index contributed by atoms with van der Waals surface area (Å²) in [6, 6.07) is 6.89. The van der Waals surface area contributed by atoms with Gasteiger partial charge in [-0.25, -0.2) is 4.98 Å². The van der Waals surface area contributed by atoms with Crippen molar-refractivity contribution in [1.29, 1.82) is 0 Å². The first-order valence-electron chi connectivity index (χ1n) is 13.8. The van der Waals surface area contributed by atoms with E-state index in [1.165, 1.54) is 6.92 Å². The van der Waals surface area contributed by atoms with Gasteiger partial charge in [0.15, 0.2) is 5.78 Å². The molecule has 1 saturated carbocycles. The highest BCUT2D eigenvalue weighted by molar-refractivity contribution is 9.10. The summed E-state index contributed by atoms with van der Waals surface area (Å²) in [6.45, 7) is 6.76. The Morgan fingerprint density at radius 3 is 2.83 bits per heavy atom. The largest absolute Gasteiger partial charge is 0.491 e. The van der Waals surface area contributed by atoms with E-state index in [0.717, 1.165) is 43.5 Å². The minimum Gasteiger partial charge on any atom is -0.491 e. The molecule has 1 aliphatic carbocycles. The van der Waals surface area contributed by atoms with Gasteiger partial charge in [0.2, 0.25) is 11.8 Å². The van der Waals surface area contributed by atoms with Gasteiger partial charge in [0.25, 0.3) is 0 Å². The average Bonchev–Trinajstić information content (AvgIpc) is 3.27. The quantitative estimate of drug-likeness (QED) is 0.318. The van der Waals surface area contributed by atoms with Crippen molar-refractivity contribution in [3.63, 3.8) is 0 Å². The van der Waals surface area contributed by atoms with E-state index in [2.05, 4.69) is 43.6 Å². The SMILES string of the molecule is CC(=O)c1nn(CC(=O)N2[C@H](C(=O)Nc3nc(Br)ccc3C)C[C@@]3(C)C[C@@H]23)c2c3cc(cc12)NCCCCCO3. The summed E-state index contributed by atoms with van der Waals surface area (Å²) in [7, 11) is 0. The number of rotatable bonds is 5. The third-order valence-corrected chi connectivity index (χ3v) is 8.81. The third-order valence-electron chi connectivity index (χ3n) is 8.37. The van der Waals surface area contributed by atoms with Gasteiger partial charge in [0.05, 0.1) is 6.61 Å². The second kappa shape index (κ2) is 10.2. The van der Waals surface area contributed by atoms with E-state index in [4.69, 9.17) is 4.74 Å². The molecule has 0 radical (unpaired) electrons. The lowest BCUT2D eigenvalue weighted by Gasteiger charge is -2.27. The molecule has 3 aromatic rings. The molecule has 0 spiro atoms. The predicted octanol–water partition coefficient (Wildman–Crippen LogP) is 4.70. The van der Waals surface area contributed by atoms with Gasteiger partial charge in [0, 0.05) is 36.7 Å². The minimum absolute atomic E-state index is 0.00852. The standard InChI is InChI=1S/C29H33BrN6O4/c1-16-7-8-23(30)32-27(16)33-28(39)20-13-29(3)14-22(29)36(20)24(38)15-35-26-19(25(34-35)17(2)37)11-18-12-21(26)40-10-6-4-5-9-31-18/h7-8,11-12,20,22,31H,4-6,9-10,13-15H2,1-3H3,(H,32,33,39)/t20-,22+,29-/m0/s1. The van der Waals surface area contributed by atoms with Crippen molar-refractivity contribution in [2.45, 2.75) is 71.5 Å². The second-order valence-electron chi connectivity index (χ2n) is 11.5. The Labute approximate surface area is 241 Å². The molecule has 40 heavy (non-hydrogen) atoms. The molecule has 3 atom stereocenters. The average molecular weight is 610 g/mol.